The summed E-state index contributed by atoms with van der Waals surface area (Å²) in [5, 5.41) is 10.5. The number of nitrogens with zero attached hydrogens (tertiary/aromatic N) is 1. The van der Waals surface area contributed by atoms with E-state index in [-0.39, 0.29) is 12.1 Å². The lowest BCUT2D eigenvalue weighted by molar-refractivity contribution is -0.388. The highest BCUT2D eigenvalue weighted by Crippen LogP contribution is 2.44. The number of ether oxygens (including phenoxy) is 1. The molecule has 10 heteroatoms. The molecule has 1 aromatic rings. The van der Waals surface area contributed by atoms with E-state index < -0.39 is 39.8 Å². The fourth-order valence-electron chi connectivity index (χ4n) is 1.34. The molecule has 0 amide bonds. The summed E-state index contributed by atoms with van der Waals surface area (Å²) >= 11 is 0. The number of rotatable bonds is 2. The van der Waals surface area contributed by atoms with Gasteiger partial charge in [-0.05, 0) is 6.07 Å². The van der Waals surface area contributed by atoms with Crippen molar-refractivity contribution in [1.82, 2.24) is 0 Å². The molecule has 0 unspecified atom stereocenters. The molecule has 0 aromatic heterocycles. The van der Waals surface area contributed by atoms with Gasteiger partial charge in [-0.3, -0.25) is 10.1 Å². The quantitative estimate of drug-likeness (QED) is 0.474. The Morgan fingerprint density at radius 2 is 1.53 bits per heavy atom. The van der Waals surface area contributed by atoms with Crippen molar-refractivity contribution in [2.24, 2.45) is 0 Å². The van der Waals surface area contributed by atoms with Gasteiger partial charge in [0.1, 0.15) is 11.3 Å². The Morgan fingerprint density at radius 3 is 1.84 bits per heavy atom. The number of alkyl halides is 6. The van der Waals surface area contributed by atoms with E-state index in [4.69, 9.17) is 0 Å². The first-order valence-electron chi connectivity index (χ1n) is 4.49. The monoisotopic (exact) mass is 289 g/mol. The fourth-order valence-corrected chi connectivity index (χ4v) is 1.34. The third-order valence-electron chi connectivity index (χ3n) is 2.13. The van der Waals surface area contributed by atoms with Crippen LogP contribution in [0.4, 0.5) is 32.0 Å². The third kappa shape index (κ3) is 3.06. The molecule has 19 heavy (non-hydrogen) atoms. The van der Waals surface area contributed by atoms with Gasteiger partial charge in [0.15, 0.2) is 0 Å². The Hall–Kier alpha value is -2.00. The van der Waals surface area contributed by atoms with Gasteiger partial charge in [-0.15, -0.1) is 0 Å². The molecule has 1 rings (SSSR count). The largest absolute Gasteiger partial charge is 0.496 e. The van der Waals surface area contributed by atoms with E-state index >= 15 is 0 Å². The van der Waals surface area contributed by atoms with Crippen molar-refractivity contribution in [3.63, 3.8) is 0 Å². The lowest BCUT2D eigenvalue weighted by atomic mass is 10.1. The Bertz CT molecular complexity index is 508. The van der Waals surface area contributed by atoms with Crippen LogP contribution in [0.2, 0.25) is 0 Å². The van der Waals surface area contributed by atoms with Crippen LogP contribution < -0.4 is 4.74 Å². The first kappa shape index (κ1) is 15.1. The van der Waals surface area contributed by atoms with E-state index in [9.17, 15) is 36.5 Å². The fraction of sp³-hybridized carbons (Fsp3) is 0.333. The highest BCUT2D eigenvalue weighted by atomic mass is 19.4. The SMILES string of the molecule is COc1cc([N+](=O)[O-])c(C(F)(F)F)cc1C(F)(F)F. The van der Waals surface area contributed by atoms with Gasteiger partial charge in [-0.2, -0.15) is 26.3 Å². The maximum Gasteiger partial charge on any atom is 0.423 e. The molecule has 0 aliphatic heterocycles. The lowest BCUT2D eigenvalue weighted by Gasteiger charge is -2.15. The molecule has 4 nitrogen and oxygen atoms in total. The smallest absolute Gasteiger partial charge is 0.423 e. The Balaban J connectivity index is 3.67. The van der Waals surface area contributed by atoms with Crippen LogP contribution in [0.3, 0.4) is 0 Å². The summed E-state index contributed by atoms with van der Waals surface area (Å²) in [5.74, 6) is -1.05. The molecule has 0 aliphatic rings. The maximum absolute atomic E-state index is 12.5. The first-order chi connectivity index (χ1) is 8.48. The van der Waals surface area contributed by atoms with Gasteiger partial charge >= 0.3 is 12.4 Å². The average Bonchev–Trinajstić information content (AvgIpc) is 2.24. The van der Waals surface area contributed by atoms with Crippen LogP contribution in [0.5, 0.6) is 5.75 Å². The Kier molecular flexibility index (Phi) is 3.64. The molecular weight excluding hydrogens is 284 g/mol. The summed E-state index contributed by atoms with van der Waals surface area (Å²) in [7, 11) is 0.765. The Labute approximate surface area is 101 Å². The van der Waals surface area contributed by atoms with Crippen LogP contribution in [-0.4, -0.2) is 12.0 Å². The standard InChI is InChI=1S/C9H5F6NO3/c1-19-7-3-6(16(17)18)4(8(10,11)12)2-5(7)9(13,14)15/h2-3H,1H3. The minimum Gasteiger partial charge on any atom is -0.496 e. The van der Waals surface area contributed by atoms with E-state index in [1.807, 2.05) is 0 Å². The second-order valence-electron chi connectivity index (χ2n) is 3.32. The predicted octanol–water partition coefficient (Wildman–Crippen LogP) is 3.64. The number of nitro groups is 1. The van der Waals surface area contributed by atoms with Crippen LogP contribution in [0, 0.1) is 10.1 Å². The molecule has 0 N–H and O–H groups in total. The molecular formula is C9H5F6NO3. The molecule has 0 bridgehead atoms. The lowest BCUT2D eigenvalue weighted by Crippen LogP contribution is -2.14. The highest BCUT2D eigenvalue weighted by molar-refractivity contribution is 5.53. The minimum atomic E-state index is -5.28. The van der Waals surface area contributed by atoms with Gasteiger partial charge in [-0.25, -0.2) is 0 Å². The number of hydrogen-bond acceptors (Lipinski definition) is 3. The minimum absolute atomic E-state index is 0.103. The van der Waals surface area contributed by atoms with Gasteiger partial charge in [0.25, 0.3) is 5.69 Å². The average molecular weight is 289 g/mol. The normalized spacial score (nSPS) is 12.4. The highest BCUT2D eigenvalue weighted by Gasteiger charge is 2.44. The van der Waals surface area contributed by atoms with Crippen LogP contribution in [0.15, 0.2) is 12.1 Å². The summed E-state index contributed by atoms with van der Waals surface area (Å²) in [6.45, 7) is 0. The van der Waals surface area contributed by atoms with Crippen molar-refractivity contribution in [3.8, 4) is 5.75 Å². The van der Waals surface area contributed by atoms with Crippen molar-refractivity contribution < 1.29 is 36.0 Å². The van der Waals surface area contributed by atoms with Gasteiger partial charge in [0.05, 0.1) is 23.7 Å². The van der Waals surface area contributed by atoms with E-state index in [1.54, 1.807) is 0 Å². The van der Waals surface area contributed by atoms with Crippen LogP contribution >= 0.6 is 0 Å². The van der Waals surface area contributed by atoms with E-state index in [0.29, 0.717) is 0 Å². The number of halogens is 6. The zero-order valence-electron chi connectivity index (χ0n) is 9.09. The zero-order valence-corrected chi connectivity index (χ0v) is 9.09. The second kappa shape index (κ2) is 4.59. The molecule has 0 radical (unpaired) electrons. The van der Waals surface area contributed by atoms with Crippen molar-refractivity contribution in [2.45, 2.75) is 12.4 Å². The maximum atomic E-state index is 12.5. The van der Waals surface area contributed by atoms with E-state index in [1.165, 1.54) is 0 Å². The summed E-state index contributed by atoms with van der Waals surface area (Å²) in [6, 6.07) is -0.234. The van der Waals surface area contributed by atoms with Crippen molar-refractivity contribution in [3.05, 3.63) is 33.4 Å². The van der Waals surface area contributed by atoms with Crippen LogP contribution in [0.1, 0.15) is 11.1 Å². The summed E-state index contributed by atoms with van der Waals surface area (Å²) < 4.78 is 79.3. The van der Waals surface area contributed by atoms with Crippen molar-refractivity contribution in [2.75, 3.05) is 7.11 Å². The molecule has 0 aliphatic carbocycles. The number of benzene rings is 1. The molecule has 0 heterocycles. The predicted molar refractivity (Wildman–Crippen MR) is 49.7 cm³/mol. The molecule has 106 valence electrons. The van der Waals surface area contributed by atoms with Gasteiger partial charge in [0, 0.05) is 0 Å². The summed E-state index contributed by atoms with van der Waals surface area (Å²) in [5.41, 5.74) is -5.21. The first-order valence-corrected chi connectivity index (χ1v) is 4.49. The van der Waals surface area contributed by atoms with Crippen molar-refractivity contribution >= 4 is 5.69 Å². The Morgan fingerprint density at radius 1 is 1.05 bits per heavy atom. The topological polar surface area (TPSA) is 52.4 Å². The van der Waals surface area contributed by atoms with Crippen LogP contribution in [-0.2, 0) is 12.4 Å². The van der Waals surface area contributed by atoms with Gasteiger partial charge < -0.3 is 4.74 Å². The molecule has 1 aromatic carbocycles. The molecule has 0 atom stereocenters. The zero-order chi connectivity index (χ0) is 15.0. The van der Waals surface area contributed by atoms with E-state index in [0.717, 1.165) is 7.11 Å². The molecule has 0 saturated heterocycles. The van der Waals surface area contributed by atoms with Crippen molar-refractivity contribution in [1.29, 1.82) is 0 Å². The number of hydrogen-bond donors (Lipinski definition) is 0. The molecule has 0 saturated carbocycles. The molecule has 0 fully saturated rings. The van der Waals surface area contributed by atoms with Gasteiger partial charge in [-0.1, -0.05) is 0 Å². The third-order valence-corrected chi connectivity index (χ3v) is 2.13. The van der Waals surface area contributed by atoms with Gasteiger partial charge in [0.2, 0.25) is 0 Å². The summed E-state index contributed by atoms with van der Waals surface area (Å²) in [4.78, 5) is 9.04. The summed E-state index contributed by atoms with van der Waals surface area (Å²) in [6.07, 6.45) is -10.4. The number of nitro benzene ring substituents is 1. The number of methoxy groups -OCH3 is 1. The van der Waals surface area contributed by atoms with E-state index in [2.05, 4.69) is 4.74 Å². The van der Waals surface area contributed by atoms with Crippen LogP contribution in [0.25, 0.3) is 0 Å². The molecule has 0 spiro atoms. The second-order valence-corrected chi connectivity index (χ2v) is 3.32.